The molecule has 0 atom stereocenters. The maximum Gasteiger partial charge on any atom is 0.318 e. The van der Waals surface area contributed by atoms with Gasteiger partial charge in [0.2, 0.25) is 5.91 Å². The Labute approximate surface area is 273 Å². The fraction of sp³-hybridized carbons (Fsp3) is 0.441. The number of aromatic nitrogens is 4. The molecule has 5 heterocycles. The lowest BCUT2D eigenvalue weighted by molar-refractivity contribution is -0.116. The highest BCUT2D eigenvalue weighted by Gasteiger charge is 2.45. The summed E-state index contributed by atoms with van der Waals surface area (Å²) in [7, 11) is 2.00. The second kappa shape index (κ2) is 12.9. The standard InChI is InChI=1S/C34H39ClN8O3/c1-23-37-30(46-40-23)12-11-29(44)36-16-20-41(2)32-25-13-19-42(28-10-4-8-24-7-3-9-26(35)31(24)28)21-27(25)38-33(39-32)45-22-34-14-5-17-43(34)18-6-15-34/h3-4,7-12H,5-6,13-22H2,1-2H3,(H,36,44)/b12-11+. The minimum Gasteiger partial charge on any atom is -0.461 e. The molecule has 3 aliphatic rings. The highest BCUT2D eigenvalue weighted by atomic mass is 35.5. The van der Waals surface area contributed by atoms with Crippen molar-refractivity contribution in [3.8, 4) is 6.01 Å². The lowest BCUT2D eigenvalue weighted by Crippen LogP contribution is -2.43. The molecule has 11 nitrogen and oxygen atoms in total. The average Bonchev–Trinajstić information content (AvgIpc) is 3.78. The number of benzene rings is 2. The number of ether oxygens (including phenoxy) is 1. The first-order valence-corrected chi connectivity index (χ1v) is 16.4. The number of hydrogen-bond acceptors (Lipinski definition) is 10. The molecule has 2 aromatic carbocycles. The van der Waals surface area contributed by atoms with Gasteiger partial charge in [0.25, 0.3) is 5.89 Å². The van der Waals surface area contributed by atoms with Gasteiger partial charge in [-0.05, 0) is 69.6 Å². The summed E-state index contributed by atoms with van der Waals surface area (Å²) in [6.07, 6.45) is 8.40. The van der Waals surface area contributed by atoms with Gasteiger partial charge in [-0.15, -0.1) is 0 Å². The Morgan fingerprint density at radius 2 is 1.93 bits per heavy atom. The van der Waals surface area contributed by atoms with E-state index in [1.807, 2.05) is 19.2 Å². The number of halogens is 1. The normalized spacial score (nSPS) is 17.4. The molecule has 2 saturated heterocycles. The lowest BCUT2D eigenvalue weighted by Gasteiger charge is -2.34. The Balaban J connectivity index is 1.11. The van der Waals surface area contributed by atoms with Crippen molar-refractivity contribution in [3.05, 3.63) is 70.5 Å². The zero-order valence-corrected chi connectivity index (χ0v) is 27.1. The van der Waals surface area contributed by atoms with Crippen LogP contribution in [-0.4, -0.2) is 82.8 Å². The summed E-state index contributed by atoms with van der Waals surface area (Å²) in [5.41, 5.74) is 3.25. The molecule has 2 fully saturated rings. The van der Waals surface area contributed by atoms with Crippen molar-refractivity contribution in [3.63, 3.8) is 0 Å². The Bertz CT molecular complexity index is 1760. The molecular formula is C34H39ClN8O3. The van der Waals surface area contributed by atoms with Crippen molar-refractivity contribution in [1.29, 1.82) is 0 Å². The van der Waals surface area contributed by atoms with Gasteiger partial charge in [-0.1, -0.05) is 41.0 Å². The van der Waals surface area contributed by atoms with Crippen LogP contribution >= 0.6 is 11.6 Å². The van der Waals surface area contributed by atoms with E-state index < -0.39 is 0 Å². The summed E-state index contributed by atoms with van der Waals surface area (Å²) in [4.78, 5) is 33.5. The fourth-order valence-corrected chi connectivity index (χ4v) is 7.49. The highest BCUT2D eigenvalue weighted by molar-refractivity contribution is 6.36. The summed E-state index contributed by atoms with van der Waals surface area (Å²) in [5.74, 6) is 1.42. The first-order chi connectivity index (χ1) is 22.4. The van der Waals surface area contributed by atoms with Crippen LogP contribution in [-0.2, 0) is 17.8 Å². The number of carbonyl (C=O) groups is 1. The third kappa shape index (κ3) is 6.13. The van der Waals surface area contributed by atoms with Crippen LogP contribution in [0.2, 0.25) is 5.02 Å². The maximum atomic E-state index is 12.4. The topological polar surface area (TPSA) is 113 Å². The molecule has 3 aliphatic heterocycles. The van der Waals surface area contributed by atoms with Gasteiger partial charge in [0.15, 0.2) is 5.82 Å². The monoisotopic (exact) mass is 642 g/mol. The number of amides is 1. The summed E-state index contributed by atoms with van der Waals surface area (Å²) < 4.78 is 11.5. The van der Waals surface area contributed by atoms with Crippen molar-refractivity contribution in [2.45, 2.75) is 51.1 Å². The molecule has 1 N–H and O–H groups in total. The van der Waals surface area contributed by atoms with Crippen molar-refractivity contribution < 1.29 is 14.1 Å². The molecule has 0 saturated carbocycles. The van der Waals surface area contributed by atoms with Gasteiger partial charge in [-0.25, -0.2) is 0 Å². The van der Waals surface area contributed by atoms with E-state index in [1.54, 1.807) is 6.92 Å². The number of rotatable bonds is 10. The number of anilines is 2. The van der Waals surface area contributed by atoms with Gasteiger partial charge < -0.3 is 24.4 Å². The van der Waals surface area contributed by atoms with Crippen LogP contribution in [0.15, 0.2) is 47.0 Å². The van der Waals surface area contributed by atoms with Crippen molar-refractivity contribution in [2.24, 2.45) is 0 Å². The number of carbonyl (C=O) groups excluding carboxylic acids is 1. The molecule has 240 valence electrons. The van der Waals surface area contributed by atoms with E-state index in [1.165, 1.54) is 25.0 Å². The van der Waals surface area contributed by atoms with Crippen LogP contribution in [0.3, 0.4) is 0 Å². The van der Waals surface area contributed by atoms with E-state index in [0.717, 1.165) is 77.5 Å². The highest BCUT2D eigenvalue weighted by Crippen LogP contribution is 2.40. The van der Waals surface area contributed by atoms with E-state index in [0.29, 0.717) is 44.0 Å². The van der Waals surface area contributed by atoms with Gasteiger partial charge in [-0.2, -0.15) is 15.0 Å². The second-order valence-corrected chi connectivity index (χ2v) is 12.9. The fourth-order valence-electron chi connectivity index (χ4n) is 7.21. The van der Waals surface area contributed by atoms with E-state index in [-0.39, 0.29) is 11.4 Å². The number of nitrogens with one attached hydrogen (secondary N) is 1. The predicted octanol–water partition coefficient (Wildman–Crippen LogP) is 4.81. The summed E-state index contributed by atoms with van der Waals surface area (Å²) in [6.45, 7) is 7.01. The van der Waals surface area contributed by atoms with Gasteiger partial charge in [0, 0.05) is 55.5 Å². The van der Waals surface area contributed by atoms with Gasteiger partial charge in [-0.3, -0.25) is 9.69 Å². The van der Waals surface area contributed by atoms with Gasteiger partial charge in [0.05, 0.1) is 22.8 Å². The van der Waals surface area contributed by atoms with Crippen LogP contribution in [0.4, 0.5) is 11.5 Å². The average molecular weight is 643 g/mol. The Kier molecular flexibility index (Phi) is 8.52. The molecule has 12 heteroatoms. The number of hydrogen-bond donors (Lipinski definition) is 1. The quantitative estimate of drug-likeness (QED) is 0.242. The third-order valence-corrected chi connectivity index (χ3v) is 9.82. The molecule has 2 aromatic heterocycles. The van der Waals surface area contributed by atoms with Crippen molar-refractivity contribution in [1.82, 2.24) is 30.3 Å². The molecule has 1 amide bonds. The van der Waals surface area contributed by atoms with Crippen LogP contribution in [0, 0.1) is 6.92 Å². The van der Waals surface area contributed by atoms with Crippen LogP contribution in [0.5, 0.6) is 6.01 Å². The summed E-state index contributed by atoms with van der Waals surface area (Å²) in [6, 6.07) is 12.8. The lowest BCUT2D eigenvalue weighted by atomic mass is 9.95. The molecule has 7 rings (SSSR count). The molecule has 0 bridgehead atoms. The third-order valence-electron chi connectivity index (χ3n) is 9.50. The molecule has 4 aromatic rings. The molecule has 0 spiro atoms. The predicted molar refractivity (Wildman–Crippen MR) is 178 cm³/mol. The Hall–Kier alpha value is -4.22. The van der Waals surface area contributed by atoms with E-state index in [9.17, 15) is 4.79 Å². The number of fused-ring (bicyclic) bond motifs is 3. The van der Waals surface area contributed by atoms with Crippen LogP contribution in [0.1, 0.15) is 48.7 Å². The molecule has 0 aliphatic carbocycles. The molecule has 46 heavy (non-hydrogen) atoms. The van der Waals surface area contributed by atoms with Gasteiger partial charge in [0.1, 0.15) is 12.4 Å². The van der Waals surface area contributed by atoms with Crippen molar-refractivity contribution in [2.75, 3.05) is 56.2 Å². The van der Waals surface area contributed by atoms with Crippen molar-refractivity contribution >= 4 is 45.9 Å². The molecular weight excluding hydrogens is 604 g/mol. The van der Waals surface area contributed by atoms with Crippen LogP contribution < -0.4 is 19.9 Å². The first kappa shape index (κ1) is 30.4. The number of likely N-dealkylation sites (N-methyl/N-ethyl adjacent to an activating group) is 1. The number of nitrogens with zero attached hydrogens (tertiary/aromatic N) is 7. The SMILES string of the molecule is Cc1noc(/C=C/C(=O)NCCN(C)c2nc(OCC34CCCN3CCC4)nc3c2CCN(c2cccc4cccc(Cl)c24)C3)n1. The second-order valence-electron chi connectivity index (χ2n) is 12.5. The zero-order valence-electron chi connectivity index (χ0n) is 26.3. The zero-order chi connectivity index (χ0) is 31.7. The van der Waals surface area contributed by atoms with Gasteiger partial charge >= 0.3 is 6.01 Å². The molecule has 0 radical (unpaired) electrons. The molecule has 0 unspecified atom stereocenters. The minimum atomic E-state index is -0.237. The summed E-state index contributed by atoms with van der Waals surface area (Å²) in [5, 5.41) is 9.58. The van der Waals surface area contributed by atoms with E-state index in [2.05, 4.69) is 54.4 Å². The Morgan fingerprint density at radius 1 is 1.13 bits per heavy atom. The smallest absolute Gasteiger partial charge is 0.318 e. The van der Waals surface area contributed by atoms with Crippen LogP contribution in [0.25, 0.3) is 16.8 Å². The minimum absolute atomic E-state index is 0.0921. The first-order valence-electron chi connectivity index (χ1n) is 16.1. The maximum absolute atomic E-state index is 12.4. The largest absolute Gasteiger partial charge is 0.461 e. The number of aryl methyl sites for hydroxylation is 1. The Morgan fingerprint density at radius 3 is 2.72 bits per heavy atom. The van der Waals surface area contributed by atoms with E-state index >= 15 is 0 Å². The van der Waals surface area contributed by atoms with E-state index in [4.69, 9.17) is 30.8 Å². The summed E-state index contributed by atoms with van der Waals surface area (Å²) >= 11 is 6.72.